The van der Waals surface area contributed by atoms with Crippen molar-refractivity contribution in [3.8, 4) is 28.5 Å². The highest BCUT2D eigenvalue weighted by molar-refractivity contribution is 5.94. The summed E-state index contributed by atoms with van der Waals surface area (Å²) in [5.74, 6) is 1.64. The number of ether oxygens (including phenoxy) is 3. The average molecular weight is 555 g/mol. The molecule has 8 nitrogen and oxygen atoms in total. The fraction of sp³-hybridized carbons (Fsp3) is 0.303. The van der Waals surface area contributed by atoms with E-state index in [-0.39, 0.29) is 0 Å². The summed E-state index contributed by atoms with van der Waals surface area (Å²) in [6, 6.07) is 24.8. The lowest BCUT2D eigenvalue weighted by Crippen LogP contribution is -2.18. The zero-order chi connectivity index (χ0) is 28.7. The van der Waals surface area contributed by atoms with Crippen molar-refractivity contribution in [2.24, 2.45) is 5.10 Å². The van der Waals surface area contributed by atoms with Gasteiger partial charge in [0.25, 0.3) is 5.91 Å². The molecule has 0 radical (unpaired) electrons. The molecule has 4 rings (SSSR count). The van der Waals surface area contributed by atoms with Crippen molar-refractivity contribution in [2.75, 3.05) is 13.7 Å². The molecule has 4 aromatic rings. The van der Waals surface area contributed by atoms with Crippen LogP contribution in [0.25, 0.3) is 11.3 Å². The quantitative estimate of drug-likeness (QED) is 0.0869. The molecular formula is C33H38N4O4. The van der Waals surface area contributed by atoms with Crippen molar-refractivity contribution in [2.45, 2.75) is 52.1 Å². The van der Waals surface area contributed by atoms with Crippen LogP contribution in [0.4, 0.5) is 0 Å². The maximum absolute atomic E-state index is 12.6. The Labute approximate surface area is 241 Å². The van der Waals surface area contributed by atoms with Crippen LogP contribution in [-0.2, 0) is 6.61 Å². The topological polar surface area (TPSA) is 97.8 Å². The van der Waals surface area contributed by atoms with E-state index in [9.17, 15) is 4.79 Å². The van der Waals surface area contributed by atoms with E-state index in [1.54, 1.807) is 25.5 Å². The summed E-state index contributed by atoms with van der Waals surface area (Å²) in [5.41, 5.74) is 6.19. The van der Waals surface area contributed by atoms with Crippen LogP contribution in [0, 0.1) is 0 Å². The monoisotopic (exact) mass is 554 g/mol. The third-order valence-corrected chi connectivity index (χ3v) is 6.54. The first-order valence-corrected chi connectivity index (χ1v) is 14.1. The highest BCUT2D eigenvalue weighted by Gasteiger charge is 2.11. The second kappa shape index (κ2) is 15.9. The Hall–Kier alpha value is -4.59. The van der Waals surface area contributed by atoms with E-state index in [0.717, 1.165) is 35.5 Å². The molecule has 0 saturated carbocycles. The molecule has 0 spiro atoms. The summed E-state index contributed by atoms with van der Waals surface area (Å²) in [7, 11) is 1.59. The number of methoxy groups -OCH3 is 1. The average Bonchev–Trinajstić information content (AvgIpc) is 3.51. The van der Waals surface area contributed by atoms with Crippen LogP contribution in [0.15, 0.2) is 84.0 Å². The van der Waals surface area contributed by atoms with E-state index < -0.39 is 5.91 Å². The van der Waals surface area contributed by atoms with Gasteiger partial charge in [-0.05, 0) is 66.1 Å². The van der Waals surface area contributed by atoms with Gasteiger partial charge >= 0.3 is 0 Å². The number of nitrogens with zero attached hydrogens (tertiary/aromatic N) is 2. The van der Waals surface area contributed by atoms with E-state index in [4.69, 9.17) is 14.2 Å². The van der Waals surface area contributed by atoms with Gasteiger partial charge in [0.15, 0.2) is 11.5 Å². The molecule has 0 fully saturated rings. The fourth-order valence-corrected chi connectivity index (χ4v) is 4.23. The van der Waals surface area contributed by atoms with Crippen molar-refractivity contribution in [3.63, 3.8) is 0 Å². The van der Waals surface area contributed by atoms with E-state index >= 15 is 0 Å². The number of aromatic amines is 1. The molecule has 2 N–H and O–H groups in total. The lowest BCUT2D eigenvalue weighted by molar-refractivity contribution is 0.0950. The van der Waals surface area contributed by atoms with Crippen LogP contribution in [-0.4, -0.2) is 36.0 Å². The molecule has 1 aromatic heterocycles. The van der Waals surface area contributed by atoms with Crippen molar-refractivity contribution in [3.05, 3.63) is 95.7 Å². The number of carbonyl (C=O) groups is 1. The van der Waals surface area contributed by atoms with E-state index in [0.29, 0.717) is 29.5 Å². The van der Waals surface area contributed by atoms with Crippen LogP contribution in [0.1, 0.15) is 67.1 Å². The van der Waals surface area contributed by atoms with E-state index in [2.05, 4.69) is 27.6 Å². The smallest absolute Gasteiger partial charge is 0.289 e. The zero-order valence-electron chi connectivity index (χ0n) is 23.8. The Balaban J connectivity index is 1.27. The SMILES string of the molecule is CCCCCCCCOc1ccc(-c2cc(C(=O)N/N=C\c3ccc(OC)c(OCc4ccccc4)c3)[nH]n2)cc1. The minimum atomic E-state index is -0.395. The maximum Gasteiger partial charge on any atom is 0.289 e. The number of hydrogen-bond acceptors (Lipinski definition) is 6. The lowest BCUT2D eigenvalue weighted by atomic mass is 10.1. The molecular weight excluding hydrogens is 516 g/mol. The Morgan fingerprint density at radius 3 is 2.46 bits per heavy atom. The van der Waals surface area contributed by atoms with Gasteiger partial charge in [0.1, 0.15) is 18.1 Å². The van der Waals surface area contributed by atoms with Crippen molar-refractivity contribution in [1.82, 2.24) is 15.6 Å². The van der Waals surface area contributed by atoms with Crippen LogP contribution >= 0.6 is 0 Å². The van der Waals surface area contributed by atoms with Crippen LogP contribution < -0.4 is 19.6 Å². The van der Waals surface area contributed by atoms with Crippen molar-refractivity contribution in [1.29, 1.82) is 0 Å². The van der Waals surface area contributed by atoms with Gasteiger partial charge in [0, 0.05) is 5.56 Å². The largest absolute Gasteiger partial charge is 0.494 e. The van der Waals surface area contributed by atoms with Crippen LogP contribution in [0.3, 0.4) is 0 Å². The normalized spacial score (nSPS) is 11.0. The number of hydrogen-bond donors (Lipinski definition) is 2. The van der Waals surface area contributed by atoms with Gasteiger partial charge in [-0.25, -0.2) is 5.43 Å². The molecule has 0 atom stereocenters. The van der Waals surface area contributed by atoms with E-state index in [1.807, 2.05) is 66.7 Å². The van der Waals surface area contributed by atoms with Crippen molar-refractivity contribution >= 4 is 12.1 Å². The van der Waals surface area contributed by atoms with Gasteiger partial charge in [-0.15, -0.1) is 0 Å². The first kappa shape index (κ1) is 29.4. The molecule has 214 valence electrons. The number of rotatable bonds is 16. The van der Waals surface area contributed by atoms with Gasteiger partial charge in [-0.3, -0.25) is 9.89 Å². The molecule has 0 unspecified atom stereocenters. The summed E-state index contributed by atoms with van der Waals surface area (Å²) in [6.07, 6.45) is 8.95. The van der Waals surface area contributed by atoms with Crippen LogP contribution in [0.5, 0.6) is 17.2 Å². The van der Waals surface area contributed by atoms with Crippen LogP contribution in [0.2, 0.25) is 0 Å². The second-order valence-corrected chi connectivity index (χ2v) is 9.69. The molecule has 0 bridgehead atoms. The molecule has 1 amide bonds. The summed E-state index contributed by atoms with van der Waals surface area (Å²) in [6.45, 7) is 3.35. The number of carbonyl (C=O) groups excluding carboxylic acids is 1. The standard InChI is InChI=1S/C33H38N4O4/c1-3-4-5-6-7-11-20-40-28-17-15-27(16-18-28)29-22-30(36-35-29)33(38)37-34-23-26-14-19-31(39-2)32(21-26)41-24-25-12-9-8-10-13-25/h8-10,12-19,21-23H,3-7,11,20,24H2,1-2H3,(H,35,36)(H,37,38)/b34-23-. The Kier molecular flexibility index (Phi) is 11.4. The van der Waals surface area contributed by atoms with Gasteiger partial charge in [0.2, 0.25) is 0 Å². The summed E-state index contributed by atoms with van der Waals surface area (Å²) < 4.78 is 17.2. The minimum absolute atomic E-state index is 0.308. The fourth-order valence-electron chi connectivity index (χ4n) is 4.23. The number of aromatic nitrogens is 2. The Bertz CT molecular complexity index is 1380. The predicted octanol–water partition coefficient (Wildman–Crippen LogP) is 7.17. The van der Waals surface area contributed by atoms with E-state index in [1.165, 1.54) is 32.1 Å². The summed E-state index contributed by atoms with van der Waals surface area (Å²) in [4.78, 5) is 12.6. The second-order valence-electron chi connectivity index (χ2n) is 9.69. The predicted molar refractivity (Wildman–Crippen MR) is 162 cm³/mol. The molecule has 0 aliphatic carbocycles. The molecule has 0 aliphatic heterocycles. The van der Waals surface area contributed by atoms with Gasteiger partial charge in [-0.2, -0.15) is 10.2 Å². The Morgan fingerprint density at radius 2 is 1.68 bits per heavy atom. The van der Waals surface area contributed by atoms with Crippen molar-refractivity contribution < 1.29 is 19.0 Å². The van der Waals surface area contributed by atoms with Gasteiger partial charge < -0.3 is 14.2 Å². The number of hydrazone groups is 1. The lowest BCUT2D eigenvalue weighted by Gasteiger charge is -2.11. The minimum Gasteiger partial charge on any atom is -0.494 e. The third-order valence-electron chi connectivity index (χ3n) is 6.54. The molecule has 1 heterocycles. The number of nitrogens with one attached hydrogen (secondary N) is 2. The highest BCUT2D eigenvalue weighted by Crippen LogP contribution is 2.28. The number of benzene rings is 3. The maximum atomic E-state index is 12.6. The molecule has 0 saturated heterocycles. The summed E-state index contributed by atoms with van der Waals surface area (Å²) >= 11 is 0. The van der Waals surface area contributed by atoms with Gasteiger partial charge in [-0.1, -0.05) is 69.4 Å². The Morgan fingerprint density at radius 1 is 0.902 bits per heavy atom. The first-order chi connectivity index (χ1) is 20.2. The number of unbranched alkanes of at least 4 members (excludes halogenated alkanes) is 5. The third kappa shape index (κ3) is 9.24. The molecule has 3 aromatic carbocycles. The zero-order valence-corrected chi connectivity index (χ0v) is 23.8. The van der Waals surface area contributed by atoms with Gasteiger partial charge in [0.05, 0.1) is 25.6 Å². The molecule has 8 heteroatoms. The number of amides is 1. The number of H-pyrrole nitrogens is 1. The molecule has 41 heavy (non-hydrogen) atoms. The highest BCUT2D eigenvalue weighted by atomic mass is 16.5. The summed E-state index contributed by atoms with van der Waals surface area (Å²) in [5, 5.41) is 11.2. The first-order valence-electron chi connectivity index (χ1n) is 14.1. The molecule has 0 aliphatic rings.